The molecule has 0 aliphatic carbocycles. The first-order chi connectivity index (χ1) is 10.8. The van der Waals surface area contributed by atoms with Crippen LogP contribution in [0.1, 0.15) is 31.9 Å². The monoisotopic (exact) mass is 295 g/mol. The number of fused-ring (bicyclic) bond motifs is 1. The van der Waals surface area contributed by atoms with Gasteiger partial charge in [0.05, 0.1) is 6.20 Å². The lowest BCUT2D eigenvalue weighted by Gasteiger charge is -2.05. The van der Waals surface area contributed by atoms with Crippen LogP contribution in [0.5, 0.6) is 5.75 Å². The summed E-state index contributed by atoms with van der Waals surface area (Å²) < 4.78 is 7.72. The second-order valence-electron chi connectivity index (χ2n) is 5.48. The number of aromatic nitrogens is 3. The molecule has 0 aliphatic heterocycles. The summed E-state index contributed by atoms with van der Waals surface area (Å²) in [7, 11) is 0. The fraction of sp³-hybridized carbons (Fsp3) is 0.333. The van der Waals surface area contributed by atoms with Gasteiger partial charge in [0.1, 0.15) is 18.1 Å². The van der Waals surface area contributed by atoms with E-state index < -0.39 is 0 Å². The topological polar surface area (TPSA) is 39.9 Å². The second kappa shape index (κ2) is 7.07. The number of benzene rings is 2. The third-order valence-corrected chi connectivity index (χ3v) is 3.68. The van der Waals surface area contributed by atoms with Gasteiger partial charge in [0.15, 0.2) is 0 Å². The van der Waals surface area contributed by atoms with E-state index in [2.05, 4.69) is 41.5 Å². The molecule has 1 heterocycles. The number of aryl methyl sites for hydroxylation is 1. The van der Waals surface area contributed by atoms with Crippen molar-refractivity contribution < 1.29 is 4.74 Å². The molecular weight excluding hydrogens is 274 g/mol. The van der Waals surface area contributed by atoms with E-state index in [1.807, 2.05) is 29.1 Å². The Labute approximate surface area is 130 Å². The first-order valence-corrected chi connectivity index (χ1v) is 7.86. The second-order valence-corrected chi connectivity index (χ2v) is 5.48. The largest absolute Gasteiger partial charge is 0.487 e. The first kappa shape index (κ1) is 14.6. The summed E-state index contributed by atoms with van der Waals surface area (Å²) in [6, 6.07) is 14.4. The van der Waals surface area contributed by atoms with Crippen molar-refractivity contribution in [2.24, 2.45) is 0 Å². The van der Waals surface area contributed by atoms with Crippen LogP contribution in [0.25, 0.3) is 10.8 Å². The summed E-state index contributed by atoms with van der Waals surface area (Å²) in [6.45, 7) is 3.58. The van der Waals surface area contributed by atoms with Gasteiger partial charge in [0.2, 0.25) is 0 Å². The molecule has 0 spiro atoms. The molecule has 0 amide bonds. The van der Waals surface area contributed by atoms with Gasteiger partial charge in [-0.1, -0.05) is 55.3 Å². The van der Waals surface area contributed by atoms with Gasteiger partial charge in [-0.05, 0) is 29.3 Å². The summed E-state index contributed by atoms with van der Waals surface area (Å²) in [4.78, 5) is 0. The minimum Gasteiger partial charge on any atom is -0.487 e. The molecule has 0 saturated carbocycles. The van der Waals surface area contributed by atoms with Crippen LogP contribution in [0.15, 0.2) is 48.7 Å². The van der Waals surface area contributed by atoms with Crippen LogP contribution in [-0.2, 0) is 13.2 Å². The minimum absolute atomic E-state index is 0.451. The van der Waals surface area contributed by atoms with E-state index in [0.29, 0.717) is 6.61 Å². The quantitative estimate of drug-likeness (QED) is 0.613. The maximum atomic E-state index is 5.82. The van der Waals surface area contributed by atoms with Crippen LogP contribution in [0.3, 0.4) is 0 Å². The molecule has 1 aromatic heterocycles. The SMILES string of the molecule is CCCCCn1cc(COc2ccc3ccccc3c2)nn1. The van der Waals surface area contributed by atoms with Gasteiger partial charge in [-0.25, -0.2) is 0 Å². The Hall–Kier alpha value is -2.36. The molecule has 4 heteroatoms. The van der Waals surface area contributed by atoms with Crippen LogP contribution in [0.4, 0.5) is 0 Å². The molecular formula is C18H21N3O. The predicted molar refractivity (Wildman–Crippen MR) is 87.8 cm³/mol. The van der Waals surface area contributed by atoms with E-state index in [9.17, 15) is 0 Å². The lowest BCUT2D eigenvalue weighted by molar-refractivity contribution is 0.301. The van der Waals surface area contributed by atoms with E-state index in [4.69, 9.17) is 4.74 Å². The fourth-order valence-corrected chi connectivity index (χ4v) is 2.45. The molecule has 3 aromatic rings. The number of unbranched alkanes of at least 4 members (excludes halogenated alkanes) is 2. The Morgan fingerprint density at radius 2 is 1.91 bits per heavy atom. The van der Waals surface area contributed by atoms with Crippen LogP contribution >= 0.6 is 0 Å². The summed E-state index contributed by atoms with van der Waals surface area (Å²) in [5, 5.41) is 10.7. The summed E-state index contributed by atoms with van der Waals surface area (Å²) in [5.74, 6) is 0.860. The lowest BCUT2D eigenvalue weighted by Crippen LogP contribution is -1.98. The number of hydrogen-bond donors (Lipinski definition) is 0. The highest BCUT2D eigenvalue weighted by molar-refractivity contribution is 5.83. The van der Waals surface area contributed by atoms with Gasteiger partial charge in [-0.3, -0.25) is 4.68 Å². The van der Waals surface area contributed by atoms with Gasteiger partial charge < -0.3 is 4.74 Å². The zero-order valence-corrected chi connectivity index (χ0v) is 12.9. The molecule has 0 bridgehead atoms. The van der Waals surface area contributed by atoms with Gasteiger partial charge in [0, 0.05) is 6.54 Å². The van der Waals surface area contributed by atoms with E-state index in [-0.39, 0.29) is 0 Å². The summed E-state index contributed by atoms with van der Waals surface area (Å²) in [6.07, 6.45) is 5.55. The fourth-order valence-electron chi connectivity index (χ4n) is 2.45. The molecule has 0 N–H and O–H groups in total. The number of rotatable bonds is 7. The van der Waals surface area contributed by atoms with Gasteiger partial charge in [-0.2, -0.15) is 0 Å². The van der Waals surface area contributed by atoms with Crippen molar-refractivity contribution in [2.75, 3.05) is 0 Å². The van der Waals surface area contributed by atoms with Crippen LogP contribution in [0, 0.1) is 0 Å². The first-order valence-electron chi connectivity index (χ1n) is 7.86. The maximum absolute atomic E-state index is 5.82. The average molecular weight is 295 g/mol. The molecule has 0 fully saturated rings. The smallest absolute Gasteiger partial charge is 0.134 e. The maximum Gasteiger partial charge on any atom is 0.134 e. The highest BCUT2D eigenvalue weighted by atomic mass is 16.5. The Bertz CT molecular complexity index is 736. The third-order valence-electron chi connectivity index (χ3n) is 3.68. The summed E-state index contributed by atoms with van der Waals surface area (Å²) in [5.41, 5.74) is 0.865. The Morgan fingerprint density at radius 1 is 1.05 bits per heavy atom. The highest BCUT2D eigenvalue weighted by Gasteiger charge is 2.03. The highest BCUT2D eigenvalue weighted by Crippen LogP contribution is 2.21. The lowest BCUT2D eigenvalue weighted by atomic mass is 10.1. The van der Waals surface area contributed by atoms with Crippen LogP contribution in [-0.4, -0.2) is 15.0 Å². The zero-order valence-electron chi connectivity index (χ0n) is 12.9. The molecule has 0 atom stereocenters. The van der Waals surface area contributed by atoms with Crippen molar-refractivity contribution in [3.63, 3.8) is 0 Å². The molecule has 0 radical (unpaired) electrons. The number of ether oxygens (including phenoxy) is 1. The van der Waals surface area contributed by atoms with Crippen molar-refractivity contribution >= 4 is 10.8 Å². The van der Waals surface area contributed by atoms with Gasteiger partial charge in [0.25, 0.3) is 0 Å². The van der Waals surface area contributed by atoms with Crippen molar-refractivity contribution in [3.8, 4) is 5.75 Å². The van der Waals surface area contributed by atoms with Gasteiger partial charge in [-0.15, -0.1) is 5.10 Å². The molecule has 3 rings (SSSR count). The molecule has 0 saturated heterocycles. The zero-order chi connectivity index (χ0) is 15.2. The van der Waals surface area contributed by atoms with Crippen molar-refractivity contribution in [2.45, 2.75) is 39.3 Å². The molecule has 0 aliphatic rings. The normalized spacial score (nSPS) is 11.0. The van der Waals surface area contributed by atoms with E-state index in [0.717, 1.165) is 24.4 Å². The minimum atomic E-state index is 0.451. The number of hydrogen-bond acceptors (Lipinski definition) is 3. The van der Waals surface area contributed by atoms with Crippen LogP contribution < -0.4 is 4.74 Å². The predicted octanol–water partition coefficient (Wildman–Crippen LogP) is 4.20. The van der Waals surface area contributed by atoms with Gasteiger partial charge >= 0.3 is 0 Å². The van der Waals surface area contributed by atoms with Crippen molar-refractivity contribution in [1.82, 2.24) is 15.0 Å². The Kier molecular flexibility index (Phi) is 4.68. The molecule has 22 heavy (non-hydrogen) atoms. The standard InChI is InChI=1S/C18H21N3O/c1-2-3-6-11-21-13-17(19-20-21)14-22-18-10-9-15-7-4-5-8-16(15)12-18/h4-5,7-10,12-13H,2-3,6,11,14H2,1H3. The van der Waals surface area contributed by atoms with E-state index >= 15 is 0 Å². The van der Waals surface area contributed by atoms with Crippen molar-refractivity contribution in [3.05, 3.63) is 54.4 Å². The van der Waals surface area contributed by atoms with Crippen molar-refractivity contribution in [1.29, 1.82) is 0 Å². The Balaban J connectivity index is 1.59. The summed E-state index contributed by atoms with van der Waals surface area (Å²) >= 11 is 0. The van der Waals surface area contributed by atoms with E-state index in [1.54, 1.807) is 0 Å². The average Bonchev–Trinajstić information content (AvgIpc) is 3.01. The Morgan fingerprint density at radius 3 is 2.77 bits per heavy atom. The molecule has 0 unspecified atom stereocenters. The number of nitrogens with zero attached hydrogens (tertiary/aromatic N) is 3. The third kappa shape index (κ3) is 3.64. The molecule has 2 aromatic carbocycles. The van der Waals surface area contributed by atoms with Crippen LogP contribution in [0.2, 0.25) is 0 Å². The molecule has 114 valence electrons. The van der Waals surface area contributed by atoms with E-state index in [1.165, 1.54) is 23.6 Å². The molecule has 4 nitrogen and oxygen atoms in total.